The van der Waals surface area contributed by atoms with Crippen molar-refractivity contribution in [1.29, 1.82) is 0 Å². The number of rotatable bonds is 6. The normalized spacial score (nSPS) is 10.1. The number of aliphatic hydroxyl groups is 1. The van der Waals surface area contributed by atoms with E-state index in [2.05, 4.69) is 11.9 Å². The molecule has 0 fully saturated rings. The Labute approximate surface area is 140 Å². The third kappa shape index (κ3) is 4.01. The van der Waals surface area contributed by atoms with Crippen LogP contribution in [0.4, 0.5) is 0 Å². The smallest absolute Gasteiger partial charge is 0.252 e. The number of aliphatic hydroxyl groups excluding tert-OH is 1. The first-order valence-electron chi connectivity index (χ1n) is 7.36. The van der Waals surface area contributed by atoms with Crippen LogP contribution in [0.15, 0.2) is 49.0 Å². The molecule has 2 aromatic carbocycles. The zero-order valence-corrected chi connectivity index (χ0v) is 13.6. The van der Waals surface area contributed by atoms with Crippen molar-refractivity contribution in [3.05, 3.63) is 71.3 Å². The summed E-state index contributed by atoms with van der Waals surface area (Å²) in [5.41, 5.74) is 2.11. The van der Waals surface area contributed by atoms with E-state index in [1.807, 2.05) is 0 Å². The minimum atomic E-state index is -0.352. The topological polar surface area (TPSA) is 75.6 Å². The Hall–Kier alpha value is -3.08. The standard InChI is InChI=1S/C19H19NO4/c1-12(21)15-6-4-14(5-7-15)11-20-19(23)18-10-16(24-3)8-9-17(18)13(2)22/h4-10,22H,2,11H2,1,3H3,(H,20,23). The highest BCUT2D eigenvalue weighted by molar-refractivity contribution is 5.99. The van der Waals surface area contributed by atoms with E-state index >= 15 is 0 Å². The van der Waals surface area contributed by atoms with Crippen molar-refractivity contribution >= 4 is 17.4 Å². The van der Waals surface area contributed by atoms with Gasteiger partial charge in [0.1, 0.15) is 11.5 Å². The summed E-state index contributed by atoms with van der Waals surface area (Å²) in [7, 11) is 1.50. The van der Waals surface area contributed by atoms with E-state index in [4.69, 9.17) is 4.74 Å². The molecule has 0 spiro atoms. The average molecular weight is 325 g/mol. The number of hydrogen-bond donors (Lipinski definition) is 2. The highest BCUT2D eigenvalue weighted by Crippen LogP contribution is 2.22. The molecule has 0 aliphatic rings. The predicted molar refractivity (Wildman–Crippen MR) is 92.3 cm³/mol. The monoisotopic (exact) mass is 325 g/mol. The van der Waals surface area contributed by atoms with Crippen LogP contribution in [0, 0.1) is 0 Å². The van der Waals surface area contributed by atoms with Crippen LogP contribution in [0.5, 0.6) is 5.75 Å². The summed E-state index contributed by atoms with van der Waals surface area (Å²) in [4.78, 5) is 23.7. The first-order chi connectivity index (χ1) is 11.4. The highest BCUT2D eigenvalue weighted by Gasteiger charge is 2.14. The number of benzene rings is 2. The van der Waals surface area contributed by atoms with Gasteiger partial charge in [-0.15, -0.1) is 0 Å². The number of ether oxygens (including phenoxy) is 1. The summed E-state index contributed by atoms with van der Waals surface area (Å²) >= 11 is 0. The van der Waals surface area contributed by atoms with Crippen molar-refractivity contribution < 1.29 is 19.4 Å². The van der Waals surface area contributed by atoms with Gasteiger partial charge in [-0.25, -0.2) is 0 Å². The number of nitrogens with one attached hydrogen (secondary N) is 1. The molecule has 0 saturated heterocycles. The lowest BCUT2D eigenvalue weighted by atomic mass is 10.0. The predicted octanol–water partition coefficient (Wildman–Crippen LogP) is 3.36. The summed E-state index contributed by atoms with van der Waals surface area (Å²) < 4.78 is 5.11. The van der Waals surface area contributed by atoms with Gasteiger partial charge in [0.05, 0.1) is 12.7 Å². The molecule has 24 heavy (non-hydrogen) atoms. The van der Waals surface area contributed by atoms with Gasteiger partial charge in [0.25, 0.3) is 5.91 Å². The van der Waals surface area contributed by atoms with Gasteiger partial charge >= 0.3 is 0 Å². The highest BCUT2D eigenvalue weighted by atomic mass is 16.5. The minimum absolute atomic E-state index is 0.00642. The van der Waals surface area contributed by atoms with Crippen LogP contribution in [0.25, 0.3) is 5.76 Å². The van der Waals surface area contributed by atoms with Crippen molar-refractivity contribution in [2.45, 2.75) is 13.5 Å². The van der Waals surface area contributed by atoms with Gasteiger partial charge in [-0.2, -0.15) is 0 Å². The zero-order valence-electron chi connectivity index (χ0n) is 13.6. The van der Waals surface area contributed by atoms with Crippen LogP contribution in [-0.4, -0.2) is 23.9 Å². The molecule has 0 heterocycles. The fourth-order valence-corrected chi connectivity index (χ4v) is 2.22. The summed E-state index contributed by atoms with van der Waals surface area (Å²) in [6.45, 7) is 5.27. The SMILES string of the molecule is C=C(O)c1ccc(OC)cc1C(=O)NCc1ccc(C(C)=O)cc1. The quantitative estimate of drug-likeness (QED) is 0.631. The molecule has 2 aromatic rings. The number of methoxy groups -OCH3 is 1. The van der Waals surface area contributed by atoms with Gasteiger partial charge in [-0.1, -0.05) is 30.8 Å². The van der Waals surface area contributed by atoms with E-state index in [9.17, 15) is 14.7 Å². The maximum absolute atomic E-state index is 12.4. The molecule has 5 nitrogen and oxygen atoms in total. The minimum Gasteiger partial charge on any atom is -0.508 e. The van der Waals surface area contributed by atoms with E-state index in [-0.39, 0.29) is 23.0 Å². The molecular formula is C19H19NO4. The Bertz CT molecular complexity index is 778. The van der Waals surface area contributed by atoms with Crippen LogP contribution >= 0.6 is 0 Å². The largest absolute Gasteiger partial charge is 0.508 e. The lowest BCUT2D eigenvalue weighted by Crippen LogP contribution is -2.24. The molecule has 0 aliphatic carbocycles. The molecule has 0 aromatic heterocycles. The third-order valence-corrected chi connectivity index (χ3v) is 3.60. The Kier molecular flexibility index (Phi) is 5.37. The lowest BCUT2D eigenvalue weighted by Gasteiger charge is -2.11. The van der Waals surface area contributed by atoms with E-state index in [0.717, 1.165) is 5.56 Å². The number of hydrogen-bond acceptors (Lipinski definition) is 4. The molecule has 2 N–H and O–H groups in total. The van der Waals surface area contributed by atoms with Crippen LogP contribution in [0.3, 0.4) is 0 Å². The first-order valence-corrected chi connectivity index (χ1v) is 7.36. The maximum Gasteiger partial charge on any atom is 0.252 e. The maximum atomic E-state index is 12.4. The fourth-order valence-electron chi connectivity index (χ4n) is 2.22. The number of carbonyl (C=O) groups excluding carboxylic acids is 2. The summed E-state index contributed by atoms with van der Waals surface area (Å²) in [5.74, 6) is -0.0348. The van der Waals surface area contributed by atoms with Crippen LogP contribution < -0.4 is 10.1 Å². The van der Waals surface area contributed by atoms with Crippen molar-refractivity contribution in [2.24, 2.45) is 0 Å². The second kappa shape index (κ2) is 7.46. The second-order valence-corrected chi connectivity index (χ2v) is 5.29. The van der Waals surface area contributed by atoms with Gasteiger partial charge in [-0.05, 0) is 30.7 Å². The Morgan fingerprint density at radius 1 is 1.12 bits per heavy atom. The Morgan fingerprint density at radius 3 is 2.33 bits per heavy atom. The van der Waals surface area contributed by atoms with Crippen LogP contribution in [-0.2, 0) is 6.54 Å². The molecular weight excluding hydrogens is 306 g/mol. The molecule has 0 radical (unpaired) electrons. The number of Topliss-reactive ketones (excluding diaryl/α,β-unsaturated/α-hetero) is 1. The second-order valence-electron chi connectivity index (χ2n) is 5.29. The van der Waals surface area contributed by atoms with Gasteiger partial charge in [0, 0.05) is 17.7 Å². The molecule has 0 bridgehead atoms. The first kappa shape index (κ1) is 17.3. The van der Waals surface area contributed by atoms with E-state index in [1.165, 1.54) is 14.0 Å². The molecule has 0 aliphatic heterocycles. The van der Waals surface area contributed by atoms with E-state index in [1.54, 1.807) is 42.5 Å². The fraction of sp³-hybridized carbons (Fsp3) is 0.158. The average Bonchev–Trinajstić information content (AvgIpc) is 2.59. The third-order valence-electron chi connectivity index (χ3n) is 3.60. The number of amides is 1. The molecule has 5 heteroatoms. The van der Waals surface area contributed by atoms with E-state index in [0.29, 0.717) is 23.4 Å². The summed E-state index contributed by atoms with van der Waals surface area (Å²) in [6, 6.07) is 11.8. The number of ketones is 1. The Balaban J connectivity index is 2.14. The van der Waals surface area contributed by atoms with Crippen LogP contribution in [0.1, 0.15) is 38.8 Å². The molecule has 0 saturated carbocycles. The van der Waals surface area contributed by atoms with Gasteiger partial charge < -0.3 is 15.2 Å². The zero-order chi connectivity index (χ0) is 17.7. The molecule has 0 atom stereocenters. The van der Waals surface area contributed by atoms with E-state index < -0.39 is 0 Å². The van der Waals surface area contributed by atoms with Crippen molar-refractivity contribution in [2.75, 3.05) is 7.11 Å². The molecule has 0 unspecified atom stereocenters. The van der Waals surface area contributed by atoms with Crippen molar-refractivity contribution in [3.63, 3.8) is 0 Å². The van der Waals surface area contributed by atoms with Gasteiger partial charge in [0.15, 0.2) is 5.78 Å². The summed E-state index contributed by atoms with van der Waals surface area (Å²) in [6.07, 6.45) is 0. The van der Waals surface area contributed by atoms with Gasteiger partial charge in [0.2, 0.25) is 0 Å². The summed E-state index contributed by atoms with van der Waals surface area (Å²) in [5, 5.41) is 12.4. The van der Waals surface area contributed by atoms with Crippen molar-refractivity contribution in [3.8, 4) is 5.75 Å². The van der Waals surface area contributed by atoms with Crippen molar-refractivity contribution in [1.82, 2.24) is 5.32 Å². The Morgan fingerprint density at radius 2 is 1.79 bits per heavy atom. The lowest BCUT2D eigenvalue weighted by molar-refractivity contribution is 0.0948. The van der Waals surface area contributed by atoms with Gasteiger partial charge in [-0.3, -0.25) is 9.59 Å². The molecule has 2 rings (SSSR count). The molecule has 124 valence electrons. The molecule has 1 amide bonds. The number of carbonyl (C=O) groups is 2. The van der Waals surface area contributed by atoms with Crippen LogP contribution in [0.2, 0.25) is 0 Å².